The summed E-state index contributed by atoms with van der Waals surface area (Å²) in [5.41, 5.74) is 7.03. The van der Waals surface area contributed by atoms with Crippen molar-refractivity contribution in [3.63, 3.8) is 0 Å². The van der Waals surface area contributed by atoms with Gasteiger partial charge in [0.05, 0.1) is 0 Å². The minimum Gasteiger partial charge on any atom is -0.508 e. The zero-order chi connectivity index (χ0) is 18.8. The number of nitrogens with two attached hydrogens (primary N) is 1. The van der Waals surface area contributed by atoms with Crippen LogP contribution in [0.1, 0.15) is 54.0 Å². The smallest absolute Gasteiger partial charge is 0.127 e. The Labute approximate surface area is 147 Å². The molecule has 0 heterocycles. The van der Waals surface area contributed by atoms with Crippen LogP contribution < -0.4 is 10.5 Å². The number of phenolic OH excluding ortho intramolecular Hbond substituents is 1. The van der Waals surface area contributed by atoms with Crippen molar-refractivity contribution in [2.45, 2.75) is 54.0 Å². The largest absolute Gasteiger partial charge is 0.508 e. The Bertz CT molecular complexity index is 575. The van der Waals surface area contributed by atoms with E-state index < -0.39 is 5.54 Å². The maximum atomic E-state index is 9.26. The van der Waals surface area contributed by atoms with Crippen molar-refractivity contribution in [1.29, 1.82) is 0 Å². The third-order valence-electron chi connectivity index (χ3n) is 3.73. The number of aromatic hydroxyl groups is 1. The maximum Gasteiger partial charge on any atom is 0.127 e. The number of benzene rings is 2. The third kappa shape index (κ3) is 6.25. The van der Waals surface area contributed by atoms with Gasteiger partial charge in [-0.2, -0.15) is 0 Å². The SMILES string of the molecule is CC.CC.CC(C)C(C)(N)c1cccc(Oc2ccc(O)cc2)c1. The Kier molecular flexibility index (Phi) is 9.82. The van der Waals surface area contributed by atoms with Crippen LogP contribution in [0.4, 0.5) is 0 Å². The molecule has 3 N–H and O–H groups in total. The zero-order valence-corrected chi connectivity index (χ0v) is 16.1. The molecular formula is C21H33NO2. The van der Waals surface area contributed by atoms with Gasteiger partial charge in [-0.05, 0) is 54.8 Å². The quantitative estimate of drug-likeness (QED) is 0.715. The molecule has 3 heteroatoms. The van der Waals surface area contributed by atoms with Gasteiger partial charge in [-0.3, -0.25) is 0 Å². The molecule has 0 bridgehead atoms. The van der Waals surface area contributed by atoms with Gasteiger partial charge in [0.1, 0.15) is 17.2 Å². The fourth-order valence-electron chi connectivity index (χ4n) is 1.88. The zero-order valence-electron chi connectivity index (χ0n) is 16.1. The van der Waals surface area contributed by atoms with Crippen molar-refractivity contribution in [3.05, 3.63) is 54.1 Å². The summed E-state index contributed by atoms with van der Waals surface area (Å²) in [5.74, 6) is 1.97. The fourth-order valence-corrected chi connectivity index (χ4v) is 1.88. The number of phenols is 1. The molecule has 2 rings (SSSR count). The van der Waals surface area contributed by atoms with Gasteiger partial charge < -0.3 is 15.6 Å². The Balaban J connectivity index is 0.00000123. The van der Waals surface area contributed by atoms with Crippen molar-refractivity contribution in [1.82, 2.24) is 0 Å². The molecule has 0 aromatic heterocycles. The summed E-state index contributed by atoms with van der Waals surface area (Å²) in [6, 6.07) is 14.5. The Morgan fingerprint density at radius 3 is 1.96 bits per heavy atom. The molecule has 3 nitrogen and oxygen atoms in total. The van der Waals surface area contributed by atoms with Crippen LogP contribution in [0.25, 0.3) is 0 Å². The molecule has 0 radical (unpaired) electrons. The lowest BCUT2D eigenvalue weighted by Gasteiger charge is -2.30. The minimum absolute atomic E-state index is 0.223. The summed E-state index contributed by atoms with van der Waals surface area (Å²) in [4.78, 5) is 0. The van der Waals surface area contributed by atoms with Gasteiger partial charge in [0, 0.05) is 5.54 Å². The second-order valence-electron chi connectivity index (χ2n) is 5.56. The predicted molar refractivity (Wildman–Crippen MR) is 104 cm³/mol. The molecule has 134 valence electrons. The van der Waals surface area contributed by atoms with Crippen molar-refractivity contribution in [2.24, 2.45) is 11.7 Å². The van der Waals surface area contributed by atoms with E-state index in [0.29, 0.717) is 11.7 Å². The summed E-state index contributed by atoms with van der Waals surface area (Å²) < 4.78 is 5.78. The second kappa shape index (κ2) is 10.7. The van der Waals surface area contributed by atoms with Gasteiger partial charge in [-0.15, -0.1) is 0 Å². The number of rotatable bonds is 4. The van der Waals surface area contributed by atoms with Gasteiger partial charge in [0.15, 0.2) is 0 Å². The van der Waals surface area contributed by atoms with Crippen LogP contribution in [-0.2, 0) is 5.54 Å². The third-order valence-corrected chi connectivity index (χ3v) is 3.73. The minimum atomic E-state index is -0.395. The summed E-state index contributed by atoms with van der Waals surface area (Å²) in [7, 11) is 0. The topological polar surface area (TPSA) is 55.5 Å². The molecule has 24 heavy (non-hydrogen) atoms. The van der Waals surface area contributed by atoms with Gasteiger partial charge in [0.2, 0.25) is 0 Å². The Morgan fingerprint density at radius 2 is 1.46 bits per heavy atom. The van der Waals surface area contributed by atoms with Gasteiger partial charge >= 0.3 is 0 Å². The van der Waals surface area contributed by atoms with E-state index in [2.05, 4.69) is 13.8 Å². The Morgan fingerprint density at radius 1 is 0.917 bits per heavy atom. The lowest BCUT2D eigenvalue weighted by atomic mass is 9.83. The normalized spacial score (nSPS) is 12.2. The number of hydrogen-bond acceptors (Lipinski definition) is 3. The molecule has 2 aromatic rings. The molecule has 1 unspecified atom stereocenters. The van der Waals surface area contributed by atoms with Crippen molar-refractivity contribution in [2.75, 3.05) is 0 Å². The van der Waals surface area contributed by atoms with E-state index in [9.17, 15) is 5.11 Å². The molecule has 0 aliphatic rings. The van der Waals surface area contributed by atoms with Crippen LogP contribution in [0.5, 0.6) is 17.2 Å². The standard InChI is InChI=1S/C17H21NO2.2C2H6/c1-12(2)17(3,18)13-5-4-6-16(11-13)20-15-9-7-14(19)8-10-15;2*1-2/h4-12,19H,18H2,1-3H3;2*1-2H3. The highest BCUT2D eigenvalue weighted by atomic mass is 16.5. The summed E-state index contributed by atoms with van der Waals surface area (Å²) in [5, 5.41) is 9.26. The van der Waals surface area contributed by atoms with E-state index in [0.717, 1.165) is 11.3 Å². The first-order valence-corrected chi connectivity index (χ1v) is 8.76. The van der Waals surface area contributed by atoms with Crippen LogP contribution >= 0.6 is 0 Å². The molecule has 0 saturated heterocycles. The first kappa shape index (κ1) is 22.0. The summed E-state index contributed by atoms with van der Waals surface area (Å²) in [6.07, 6.45) is 0. The highest BCUT2D eigenvalue weighted by Crippen LogP contribution is 2.30. The molecule has 0 fully saturated rings. The van der Waals surface area contributed by atoms with Gasteiger partial charge in [-0.25, -0.2) is 0 Å². The predicted octanol–water partition coefficient (Wildman–Crippen LogP) is 6.07. The molecule has 0 aliphatic heterocycles. The fraction of sp³-hybridized carbons (Fsp3) is 0.429. The summed E-state index contributed by atoms with van der Waals surface area (Å²) in [6.45, 7) is 14.2. The van der Waals surface area contributed by atoms with E-state index in [4.69, 9.17) is 10.5 Å². The van der Waals surface area contributed by atoms with Gasteiger partial charge in [-0.1, -0.05) is 53.7 Å². The van der Waals surface area contributed by atoms with Crippen LogP contribution in [0.15, 0.2) is 48.5 Å². The van der Waals surface area contributed by atoms with Crippen molar-refractivity contribution >= 4 is 0 Å². The van der Waals surface area contributed by atoms with Crippen molar-refractivity contribution in [3.8, 4) is 17.2 Å². The molecule has 0 saturated carbocycles. The Hall–Kier alpha value is -2.00. The monoisotopic (exact) mass is 331 g/mol. The van der Waals surface area contributed by atoms with Crippen LogP contribution in [0.3, 0.4) is 0 Å². The first-order valence-electron chi connectivity index (χ1n) is 8.76. The van der Waals surface area contributed by atoms with E-state index in [-0.39, 0.29) is 5.75 Å². The molecule has 0 aliphatic carbocycles. The average molecular weight is 332 g/mol. The van der Waals surface area contributed by atoms with E-state index in [1.54, 1.807) is 24.3 Å². The van der Waals surface area contributed by atoms with Crippen LogP contribution in [-0.4, -0.2) is 5.11 Å². The maximum absolute atomic E-state index is 9.26. The molecular weight excluding hydrogens is 298 g/mol. The highest BCUT2D eigenvalue weighted by Gasteiger charge is 2.25. The number of ether oxygens (including phenoxy) is 1. The highest BCUT2D eigenvalue weighted by molar-refractivity contribution is 5.38. The summed E-state index contributed by atoms with van der Waals surface area (Å²) >= 11 is 0. The van der Waals surface area contributed by atoms with Crippen molar-refractivity contribution < 1.29 is 9.84 Å². The van der Waals surface area contributed by atoms with Crippen LogP contribution in [0.2, 0.25) is 0 Å². The molecule has 2 aromatic carbocycles. The lowest BCUT2D eigenvalue weighted by molar-refractivity contribution is 0.349. The second-order valence-corrected chi connectivity index (χ2v) is 5.56. The average Bonchev–Trinajstić information content (AvgIpc) is 2.60. The van der Waals surface area contributed by atoms with E-state index >= 15 is 0 Å². The molecule has 1 atom stereocenters. The van der Waals surface area contributed by atoms with E-state index in [1.165, 1.54) is 0 Å². The number of hydrogen-bond donors (Lipinski definition) is 2. The van der Waals surface area contributed by atoms with E-state index in [1.807, 2.05) is 58.9 Å². The van der Waals surface area contributed by atoms with Gasteiger partial charge in [0.25, 0.3) is 0 Å². The van der Waals surface area contributed by atoms with Crippen LogP contribution in [0, 0.1) is 5.92 Å². The molecule has 0 spiro atoms. The molecule has 0 amide bonds. The lowest BCUT2D eigenvalue weighted by Crippen LogP contribution is -2.38. The first-order chi connectivity index (χ1) is 11.4.